The topological polar surface area (TPSA) is 18.5 Å². The molecule has 2 aromatic carbocycles. The fourth-order valence-corrected chi connectivity index (χ4v) is 12.1. The van der Waals surface area contributed by atoms with E-state index in [4.69, 9.17) is 9.16 Å². The molecule has 0 saturated carbocycles. The van der Waals surface area contributed by atoms with Gasteiger partial charge in [0.25, 0.3) is 0 Å². The van der Waals surface area contributed by atoms with E-state index in [2.05, 4.69) is 91.0 Å². The fraction of sp³-hybridized carbons (Fsp3) is 0.320. The summed E-state index contributed by atoms with van der Waals surface area (Å²) >= 11 is -2.02. The predicted octanol–water partition coefficient (Wildman–Crippen LogP) is 0.244. The van der Waals surface area contributed by atoms with Gasteiger partial charge in [0.1, 0.15) is 0 Å². The van der Waals surface area contributed by atoms with E-state index in [0.29, 0.717) is 16.8 Å². The Labute approximate surface area is 207 Å². The molecule has 0 unspecified atom stereocenters. The van der Waals surface area contributed by atoms with Gasteiger partial charge in [-0.3, -0.25) is 0 Å². The van der Waals surface area contributed by atoms with Gasteiger partial charge in [-0.05, 0) is 0 Å². The molecule has 6 heteroatoms. The van der Waals surface area contributed by atoms with Crippen molar-refractivity contribution in [2.24, 2.45) is 0 Å². The van der Waals surface area contributed by atoms with E-state index in [-0.39, 0.29) is 24.8 Å². The smallest absolute Gasteiger partial charge is 1.00 e. The zero-order valence-corrected chi connectivity index (χ0v) is 23.6. The van der Waals surface area contributed by atoms with Crippen molar-refractivity contribution in [3.05, 3.63) is 80.9 Å². The van der Waals surface area contributed by atoms with Crippen LogP contribution in [0.5, 0.6) is 0 Å². The second-order valence-electron chi connectivity index (χ2n) is 8.64. The van der Waals surface area contributed by atoms with Gasteiger partial charge in [0.05, 0.1) is 0 Å². The van der Waals surface area contributed by atoms with Gasteiger partial charge < -0.3 is 24.8 Å². The maximum Gasteiger partial charge on any atom is -1.00 e. The number of allylic oxidation sites excluding steroid dienone is 3. The van der Waals surface area contributed by atoms with E-state index < -0.39 is 29.6 Å². The summed E-state index contributed by atoms with van der Waals surface area (Å²) < 4.78 is 16.7. The predicted molar refractivity (Wildman–Crippen MR) is 121 cm³/mol. The van der Waals surface area contributed by atoms with E-state index in [1.165, 1.54) is 22.3 Å². The van der Waals surface area contributed by atoms with Crippen LogP contribution in [0.3, 0.4) is 0 Å². The van der Waals surface area contributed by atoms with Crippen LogP contribution in [-0.4, -0.2) is 25.2 Å². The first kappa shape index (κ1) is 26.5. The molecule has 0 N–H and O–H groups in total. The van der Waals surface area contributed by atoms with Crippen LogP contribution in [0.25, 0.3) is 11.1 Å². The molecule has 0 aromatic heterocycles. The van der Waals surface area contributed by atoms with Gasteiger partial charge in [-0.2, -0.15) is 0 Å². The van der Waals surface area contributed by atoms with Crippen LogP contribution in [0, 0.1) is 0 Å². The van der Waals surface area contributed by atoms with Crippen LogP contribution >= 0.6 is 0 Å². The molecule has 0 spiro atoms. The van der Waals surface area contributed by atoms with Gasteiger partial charge in [-0.25, -0.2) is 0 Å². The van der Waals surface area contributed by atoms with Gasteiger partial charge >= 0.3 is 184 Å². The molecule has 31 heavy (non-hydrogen) atoms. The number of ether oxygens (including phenoxy) is 1. The molecule has 0 aliphatic heterocycles. The second kappa shape index (κ2) is 11.4. The van der Waals surface area contributed by atoms with E-state index in [1.807, 2.05) is 0 Å². The monoisotopic (exact) mass is 550 g/mol. The first-order valence-electron chi connectivity index (χ1n) is 10.5. The van der Waals surface area contributed by atoms with Crippen molar-refractivity contribution in [1.29, 1.82) is 0 Å². The molecule has 2 aromatic rings. The normalized spacial score (nSPS) is 14.7. The summed E-state index contributed by atoms with van der Waals surface area (Å²) in [6, 6.07) is 18.0. The molecular weight excluding hydrogens is 522 g/mol. The quantitative estimate of drug-likeness (QED) is 0.362. The molecule has 0 saturated heterocycles. The molecule has 0 atom stereocenters. The van der Waals surface area contributed by atoms with Crippen molar-refractivity contribution in [2.75, 3.05) is 13.2 Å². The number of benzene rings is 2. The maximum absolute atomic E-state index is 6.02. The molecule has 0 amide bonds. The van der Waals surface area contributed by atoms with E-state index in [9.17, 15) is 0 Å². The van der Waals surface area contributed by atoms with E-state index in [0.717, 1.165) is 12.2 Å². The largest absolute Gasteiger partial charge is 1.00 e. The summed E-state index contributed by atoms with van der Waals surface area (Å²) in [6.45, 7) is 10.3. The summed E-state index contributed by atoms with van der Waals surface area (Å²) in [5.41, 5.74) is 5.92. The van der Waals surface area contributed by atoms with Crippen molar-refractivity contribution in [2.45, 2.75) is 36.6 Å². The number of halogens is 2. The molecule has 4 rings (SSSR count). The first-order chi connectivity index (χ1) is 14.0. The Bertz CT molecular complexity index is 963. The Morgan fingerprint density at radius 3 is 2.06 bits per heavy atom. The van der Waals surface area contributed by atoms with Gasteiger partial charge in [0, 0.05) is 0 Å². The Morgan fingerprint density at radius 2 is 1.52 bits per heavy atom. The average Bonchev–Trinajstić information content (AvgIpc) is 3.29. The Hall–Kier alpha value is -0.770. The third kappa shape index (κ3) is 5.97. The minimum atomic E-state index is -2.02. The van der Waals surface area contributed by atoms with E-state index in [1.54, 1.807) is 3.28 Å². The van der Waals surface area contributed by atoms with Gasteiger partial charge in [-0.15, -0.1) is 0 Å². The summed E-state index contributed by atoms with van der Waals surface area (Å²) in [5, 5.41) is 0. The third-order valence-corrected chi connectivity index (χ3v) is 13.9. The standard InChI is InChI=1S/C13H9.C10H17O2Si.C2H4.2ClH.Zr/c1-3-7-12-10(5-1)9-11-6-2-4-8-13(11)12;1-13(2,3)12-9-8-11-10-6-4-5-7-10;1-2;;;/h1-9H;6-7H,4,8-9H2,1-3H3;1H,2H3;2*1H;/q;;;;;+2/p-2. The van der Waals surface area contributed by atoms with Crippen LogP contribution < -0.4 is 24.8 Å². The van der Waals surface area contributed by atoms with Crippen LogP contribution in [-0.2, 0) is 30.4 Å². The molecule has 2 aliphatic carbocycles. The molecule has 0 heterocycles. The van der Waals surface area contributed by atoms with E-state index >= 15 is 0 Å². The minimum Gasteiger partial charge on any atom is -1.00 e. The Kier molecular flexibility index (Phi) is 9.73. The maximum atomic E-state index is 6.02. The molecule has 0 radical (unpaired) electrons. The average molecular weight is 553 g/mol. The number of hydrogen-bond donors (Lipinski definition) is 0. The van der Waals surface area contributed by atoms with Crippen LogP contribution in [0.2, 0.25) is 19.6 Å². The number of fused-ring (bicyclic) bond motifs is 3. The minimum absolute atomic E-state index is 0. The molecule has 164 valence electrons. The van der Waals surface area contributed by atoms with Crippen molar-refractivity contribution >= 4 is 12.0 Å². The zero-order valence-electron chi connectivity index (χ0n) is 18.6. The summed E-state index contributed by atoms with van der Waals surface area (Å²) in [4.78, 5) is 0. The van der Waals surface area contributed by atoms with Crippen molar-refractivity contribution in [3.8, 4) is 11.1 Å². The van der Waals surface area contributed by atoms with Crippen LogP contribution in [0.15, 0.2) is 69.7 Å². The zero-order chi connectivity index (χ0) is 20.4. The number of rotatable bonds is 7. The third-order valence-electron chi connectivity index (χ3n) is 5.55. The SMILES string of the molecule is C[CH]=[Zr+2]([C]1=CC(OCCO[Si](C)(C)C)=CC1)[CH]1c2ccccc2-c2ccccc21.[Cl-].[Cl-]. The van der Waals surface area contributed by atoms with Crippen molar-refractivity contribution < 1.29 is 55.2 Å². The van der Waals surface area contributed by atoms with Gasteiger partial charge in [0.2, 0.25) is 0 Å². The van der Waals surface area contributed by atoms with Crippen LogP contribution in [0.4, 0.5) is 0 Å². The number of hydrogen-bond acceptors (Lipinski definition) is 2. The molecule has 0 bridgehead atoms. The summed E-state index contributed by atoms with van der Waals surface area (Å²) in [7, 11) is -1.47. The molecular formula is C25H30Cl2O2SiZr. The summed E-state index contributed by atoms with van der Waals surface area (Å²) in [6.07, 6.45) is 5.65. The Balaban J connectivity index is 0.00000171. The van der Waals surface area contributed by atoms with Crippen LogP contribution in [0.1, 0.15) is 28.1 Å². The van der Waals surface area contributed by atoms with Crippen molar-refractivity contribution in [3.63, 3.8) is 0 Å². The van der Waals surface area contributed by atoms with Crippen molar-refractivity contribution in [1.82, 2.24) is 0 Å². The second-order valence-corrected chi connectivity index (χ2v) is 19.8. The fourth-order valence-electron chi connectivity index (χ4n) is 4.34. The van der Waals surface area contributed by atoms with Gasteiger partial charge in [0.15, 0.2) is 0 Å². The molecule has 0 fully saturated rings. The molecule has 2 nitrogen and oxygen atoms in total. The molecule has 2 aliphatic rings. The summed E-state index contributed by atoms with van der Waals surface area (Å²) in [5.74, 6) is 1.04. The van der Waals surface area contributed by atoms with Gasteiger partial charge in [-0.1, -0.05) is 0 Å². The first-order valence-corrected chi connectivity index (χ1v) is 18.0. The Morgan fingerprint density at radius 1 is 0.935 bits per heavy atom.